The minimum Gasteiger partial charge on any atom is -0.481 e. The van der Waals surface area contributed by atoms with Gasteiger partial charge in [-0.3, -0.25) is 33.8 Å². The standard InChI is InChI=1S/C26H30ClN7O9/c1-34(7-6-12-10-30-21-19(12)23(39)33-26(29)32-21)17-4-2-11(8-14(17)27)22(38)31-16(3-5-18(35)36)20(37)13(24(40)41)9-15(28)25(42)43/h2,4,8,10,13,15-16H,3,5-7,9,28H2,1H3,(H,31,38)(H,35,36)(H,40,41)(H,42,43)(H4,29,30,32,33,39)/t13?,15-,16-/m0/s1. The second kappa shape index (κ2) is 13.8. The van der Waals surface area contributed by atoms with Gasteiger partial charge >= 0.3 is 17.9 Å². The minimum atomic E-state index is -1.90. The molecule has 16 nitrogen and oxygen atoms in total. The van der Waals surface area contributed by atoms with Crippen LogP contribution in [0.25, 0.3) is 11.0 Å². The SMILES string of the molecule is CN(CCc1c[nH]c2nc(N)[nH]c(=O)c12)c1ccc(C(=O)N[C@@H](CCC(=O)O)C(=O)C(C[C@H](N)C(=O)O)C(=O)O)cc1Cl. The molecule has 1 aromatic carbocycles. The normalized spacial score (nSPS) is 13.2. The van der Waals surface area contributed by atoms with Crippen molar-refractivity contribution in [2.24, 2.45) is 11.7 Å². The number of benzene rings is 1. The van der Waals surface area contributed by atoms with E-state index < -0.39 is 66.9 Å². The maximum atomic E-state index is 13.0. The van der Waals surface area contributed by atoms with Crippen LogP contribution in [0.5, 0.6) is 0 Å². The maximum absolute atomic E-state index is 13.0. The topological polar surface area (TPSA) is 275 Å². The van der Waals surface area contributed by atoms with Gasteiger partial charge in [0, 0.05) is 31.8 Å². The number of amides is 1. The predicted molar refractivity (Wildman–Crippen MR) is 154 cm³/mol. The molecular formula is C26H30ClN7O9. The lowest BCUT2D eigenvalue weighted by molar-refractivity contribution is -0.148. The summed E-state index contributed by atoms with van der Waals surface area (Å²) in [4.78, 5) is 83.5. The molecule has 0 aliphatic rings. The quantitative estimate of drug-likeness (QED) is 0.106. The monoisotopic (exact) mass is 619 g/mol. The number of fused-ring (bicyclic) bond motifs is 1. The second-order valence-corrected chi connectivity index (χ2v) is 10.2. The summed E-state index contributed by atoms with van der Waals surface area (Å²) < 4.78 is 0. The lowest BCUT2D eigenvalue weighted by Gasteiger charge is -2.23. The highest BCUT2D eigenvalue weighted by Crippen LogP contribution is 2.27. The Bertz CT molecular complexity index is 1620. The van der Waals surface area contributed by atoms with Crippen LogP contribution in [0.1, 0.15) is 35.2 Å². The number of aromatic amines is 2. The van der Waals surface area contributed by atoms with Gasteiger partial charge in [-0.15, -0.1) is 0 Å². The summed E-state index contributed by atoms with van der Waals surface area (Å²) in [6.45, 7) is 0.406. The average Bonchev–Trinajstić information content (AvgIpc) is 3.34. The number of anilines is 2. The fraction of sp³-hybridized carbons (Fsp3) is 0.346. The number of hydrogen-bond donors (Lipinski definition) is 8. The molecule has 0 saturated heterocycles. The Kier molecular flexibility index (Phi) is 10.4. The van der Waals surface area contributed by atoms with Crippen molar-refractivity contribution in [2.45, 2.75) is 37.8 Å². The minimum absolute atomic E-state index is 0.00351. The van der Waals surface area contributed by atoms with E-state index in [1.807, 2.05) is 0 Å². The highest BCUT2D eigenvalue weighted by molar-refractivity contribution is 6.33. The molecule has 0 spiro atoms. The fourth-order valence-corrected chi connectivity index (χ4v) is 4.74. The van der Waals surface area contributed by atoms with E-state index in [0.29, 0.717) is 35.2 Å². The van der Waals surface area contributed by atoms with Crippen LogP contribution in [-0.4, -0.2) is 85.5 Å². The van der Waals surface area contributed by atoms with Crippen LogP contribution < -0.4 is 27.2 Å². The second-order valence-electron chi connectivity index (χ2n) is 9.76. The molecule has 0 aliphatic carbocycles. The fourth-order valence-electron chi connectivity index (χ4n) is 4.42. The molecule has 17 heteroatoms. The number of carbonyl (C=O) groups excluding carboxylic acids is 2. The van der Waals surface area contributed by atoms with Gasteiger partial charge in [0.25, 0.3) is 11.5 Å². The number of likely N-dealkylation sites (N-methyl/N-ethyl adjacent to an activating group) is 1. The Balaban J connectivity index is 1.75. The van der Waals surface area contributed by atoms with Crippen molar-refractivity contribution in [3.05, 3.63) is 50.9 Å². The van der Waals surface area contributed by atoms with Crippen LogP contribution in [0.15, 0.2) is 29.2 Å². The van der Waals surface area contributed by atoms with Gasteiger partial charge < -0.3 is 42.0 Å². The number of aromatic nitrogens is 3. The number of nitrogens with one attached hydrogen (secondary N) is 3. The first-order chi connectivity index (χ1) is 20.2. The van der Waals surface area contributed by atoms with Crippen LogP contribution in [0.2, 0.25) is 5.02 Å². The maximum Gasteiger partial charge on any atom is 0.320 e. The molecule has 0 fully saturated rings. The summed E-state index contributed by atoms with van der Waals surface area (Å²) in [6.07, 6.45) is 0.297. The Morgan fingerprint density at radius 1 is 1.14 bits per heavy atom. The number of aliphatic carboxylic acids is 3. The Morgan fingerprint density at radius 3 is 2.44 bits per heavy atom. The van der Waals surface area contributed by atoms with Gasteiger partial charge in [0.2, 0.25) is 5.95 Å². The summed E-state index contributed by atoms with van der Waals surface area (Å²) in [7, 11) is 1.74. The molecule has 10 N–H and O–H groups in total. The van der Waals surface area contributed by atoms with Crippen molar-refractivity contribution in [3.8, 4) is 0 Å². The average molecular weight is 620 g/mol. The molecule has 43 heavy (non-hydrogen) atoms. The molecule has 3 aromatic rings. The third-order valence-electron chi connectivity index (χ3n) is 6.72. The van der Waals surface area contributed by atoms with Crippen LogP contribution in [0.3, 0.4) is 0 Å². The molecule has 3 atom stereocenters. The number of carboxylic acid groups (broad SMARTS) is 3. The Hall–Kier alpha value is -4.96. The van der Waals surface area contributed by atoms with E-state index in [1.54, 1.807) is 24.2 Å². The number of nitrogens with zero attached hydrogens (tertiary/aromatic N) is 2. The van der Waals surface area contributed by atoms with Crippen molar-refractivity contribution >= 4 is 63.9 Å². The zero-order valence-corrected chi connectivity index (χ0v) is 23.6. The molecule has 0 aliphatic heterocycles. The number of ketones is 1. The summed E-state index contributed by atoms with van der Waals surface area (Å²) in [5.74, 6) is -8.32. The van der Waals surface area contributed by atoms with Gasteiger partial charge in [-0.05, 0) is 43.0 Å². The summed E-state index contributed by atoms with van der Waals surface area (Å²) in [5.41, 5.74) is 12.2. The Labute approximate surface area is 248 Å². The zero-order chi connectivity index (χ0) is 32.0. The predicted octanol–water partition coefficient (Wildman–Crippen LogP) is 0.201. The lowest BCUT2D eigenvalue weighted by atomic mass is 9.89. The molecule has 1 amide bonds. The van der Waals surface area contributed by atoms with Crippen LogP contribution in [-0.2, 0) is 25.6 Å². The molecule has 1 unspecified atom stereocenters. The summed E-state index contributed by atoms with van der Waals surface area (Å²) in [5, 5.41) is 30.5. The summed E-state index contributed by atoms with van der Waals surface area (Å²) in [6, 6.07) is 1.04. The third kappa shape index (κ3) is 8.08. The van der Waals surface area contributed by atoms with Crippen LogP contribution >= 0.6 is 11.6 Å². The van der Waals surface area contributed by atoms with Crippen molar-refractivity contribution < 1.29 is 39.3 Å². The first-order valence-corrected chi connectivity index (χ1v) is 13.2. The van der Waals surface area contributed by atoms with Crippen LogP contribution in [0, 0.1) is 5.92 Å². The highest BCUT2D eigenvalue weighted by Gasteiger charge is 2.36. The molecule has 230 valence electrons. The first-order valence-electron chi connectivity index (χ1n) is 12.8. The number of H-pyrrole nitrogens is 2. The van der Waals surface area contributed by atoms with E-state index in [9.17, 15) is 33.9 Å². The molecule has 0 saturated carbocycles. The van der Waals surface area contributed by atoms with Gasteiger partial charge in [0.1, 0.15) is 17.6 Å². The summed E-state index contributed by atoms with van der Waals surface area (Å²) >= 11 is 6.45. The first kappa shape index (κ1) is 32.6. The highest BCUT2D eigenvalue weighted by atomic mass is 35.5. The number of halogens is 1. The Morgan fingerprint density at radius 2 is 1.84 bits per heavy atom. The van der Waals surface area contributed by atoms with Crippen molar-refractivity contribution in [1.82, 2.24) is 20.3 Å². The van der Waals surface area contributed by atoms with Gasteiger partial charge in [-0.1, -0.05) is 11.6 Å². The number of carbonyl (C=O) groups is 5. The van der Waals surface area contributed by atoms with E-state index in [2.05, 4.69) is 20.3 Å². The zero-order valence-electron chi connectivity index (χ0n) is 22.8. The molecule has 0 bridgehead atoms. The van der Waals surface area contributed by atoms with Gasteiger partial charge in [0.15, 0.2) is 5.78 Å². The van der Waals surface area contributed by atoms with E-state index in [-0.39, 0.29) is 22.1 Å². The van der Waals surface area contributed by atoms with E-state index in [1.165, 1.54) is 12.1 Å². The van der Waals surface area contributed by atoms with Crippen molar-refractivity contribution in [3.63, 3.8) is 0 Å². The van der Waals surface area contributed by atoms with Gasteiger partial charge in [0.05, 0.1) is 22.1 Å². The number of carboxylic acids is 3. The van der Waals surface area contributed by atoms with Crippen molar-refractivity contribution in [1.29, 1.82) is 0 Å². The van der Waals surface area contributed by atoms with Crippen molar-refractivity contribution in [2.75, 3.05) is 24.2 Å². The van der Waals surface area contributed by atoms with E-state index in [0.717, 1.165) is 0 Å². The molecule has 2 aromatic heterocycles. The number of hydrogen-bond acceptors (Lipinski definition) is 10. The van der Waals surface area contributed by atoms with E-state index in [4.69, 9.17) is 33.3 Å². The smallest absolute Gasteiger partial charge is 0.320 e. The largest absolute Gasteiger partial charge is 0.481 e. The number of Topliss-reactive ketones (excluding diaryl/α,β-unsaturated/α-hetero) is 1. The lowest BCUT2D eigenvalue weighted by Crippen LogP contribution is -2.47. The number of rotatable bonds is 15. The molecule has 2 heterocycles. The van der Waals surface area contributed by atoms with E-state index >= 15 is 0 Å². The van der Waals surface area contributed by atoms with Gasteiger partial charge in [-0.25, -0.2) is 0 Å². The van der Waals surface area contributed by atoms with Gasteiger partial charge in [-0.2, -0.15) is 4.98 Å². The molecule has 0 radical (unpaired) electrons. The number of nitrogen functional groups attached to an aromatic ring is 1. The molecule has 3 rings (SSSR count). The molecular weight excluding hydrogens is 590 g/mol. The van der Waals surface area contributed by atoms with Crippen LogP contribution in [0.4, 0.5) is 11.6 Å². The number of nitrogens with two attached hydrogens (primary N) is 2. The third-order valence-corrected chi connectivity index (χ3v) is 7.03.